The van der Waals surface area contributed by atoms with Crippen molar-refractivity contribution in [2.45, 2.75) is 84.7 Å². The van der Waals surface area contributed by atoms with Gasteiger partial charge in [0, 0.05) is 41.1 Å². The molecule has 0 aliphatic carbocycles. The number of hydrogen-bond donors (Lipinski definition) is 5. The molecule has 2 rings (SSSR count). The number of carbonyl (C=O) groups is 1. The molecule has 0 aliphatic heterocycles. The van der Waals surface area contributed by atoms with Gasteiger partial charge in [0.1, 0.15) is 17.6 Å². The number of hydrogen-bond acceptors (Lipinski definition) is 9. The molecule has 0 saturated carbocycles. The molecular weight excluding hydrogens is 428 g/mol. The molecule has 2 atom stereocenters. The Kier molecular flexibility index (Phi) is 10.0. The summed E-state index contributed by atoms with van der Waals surface area (Å²) >= 11 is 0. The maximum absolute atomic E-state index is 12.7. The van der Waals surface area contributed by atoms with Crippen LogP contribution in [0.5, 0.6) is 11.5 Å². The summed E-state index contributed by atoms with van der Waals surface area (Å²) in [4.78, 5) is 20.7. The molecule has 9 heteroatoms. The van der Waals surface area contributed by atoms with E-state index < -0.39 is 31.4 Å². The van der Waals surface area contributed by atoms with Gasteiger partial charge in [-0.1, -0.05) is 32.6 Å². The predicted octanol–water partition coefficient (Wildman–Crippen LogP) is 3.17. The fourth-order valence-electron chi connectivity index (χ4n) is 3.71. The van der Waals surface area contributed by atoms with Crippen molar-refractivity contribution in [3.63, 3.8) is 0 Å². The second kappa shape index (κ2) is 12.5. The van der Waals surface area contributed by atoms with Crippen LogP contribution in [-0.2, 0) is 22.7 Å². The van der Waals surface area contributed by atoms with Gasteiger partial charge in [-0.3, -0.25) is 14.8 Å². The highest BCUT2D eigenvalue weighted by Gasteiger charge is 2.35. The quantitative estimate of drug-likeness (QED) is 0.236. The van der Waals surface area contributed by atoms with E-state index in [-0.39, 0.29) is 51.6 Å². The van der Waals surface area contributed by atoms with E-state index in [0.29, 0.717) is 6.42 Å². The number of unbranched alkanes of at least 4 members (excludes halogenated alkanes) is 4. The molecule has 0 saturated heterocycles. The number of aromatic nitrogens is 2. The molecule has 182 valence electrons. The molecule has 0 radical (unpaired) electrons. The second-order valence-corrected chi connectivity index (χ2v) is 8.10. The molecule has 5 N–H and O–H groups in total. The fourth-order valence-corrected chi connectivity index (χ4v) is 3.71. The zero-order chi connectivity index (χ0) is 24.5. The lowest BCUT2D eigenvalue weighted by Gasteiger charge is -2.28. The van der Waals surface area contributed by atoms with Crippen molar-refractivity contribution in [1.82, 2.24) is 9.97 Å². The van der Waals surface area contributed by atoms with Crippen LogP contribution in [-0.4, -0.2) is 41.5 Å². The Bertz CT molecular complexity index is 949. The van der Waals surface area contributed by atoms with Crippen molar-refractivity contribution in [2.24, 2.45) is 0 Å². The summed E-state index contributed by atoms with van der Waals surface area (Å²) in [7, 11) is 0. The number of nitrogens with zero attached hydrogens (tertiary/aromatic N) is 2. The van der Waals surface area contributed by atoms with Crippen LogP contribution in [0.4, 0.5) is 0 Å². The van der Waals surface area contributed by atoms with Gasteiger partial charge in [-0.05, 0) is 20.3 Å². The van der Waals surface area contributed by atoms with Gasteiger partial charge in [-0.25, -0.2) is 0 Å². The van der Waals surface area contributed by atoms with Crippen molar-refractivity contribution >= 4 is 5.97 Å². The molecule has 2 heterocycles. The first-order valence-corrected chi connectivity index (χ1v) is 11.2. The molecule has 0 spiro atoms. The number of ether oxygens (including phenoxy) is 1. The van der Waals surface area contributed by atoms with Gasteiger partial charge in [0.25, 0.3) is 0 Å². The average molecular weight is 463 g/mol. The summed E-state index contributed by atoms with van der Waals surface area (Å²) in [5, 5.41) is 52.1. The zero-order valence-electron chi connectivity index (χ0n) is 19.4. The van der Waals surface area contributed by atoms with E-state index in [1.807, 2.05) is 0 Å². The van der Waals surface area contributed by atoms with Gasteiger partial charge in [-0.2, -0.15) is 0 Å². The minimum absolute atomic E-state index is 0.00501. The van der Waals surface area contributed by atoms with Crippen molar-refractivity contribution in [3.8, 4) is 11.5 Å². The van der Waals surface area contributed by atoms with Crippen LogP contribution in [0.15, 0.2) is 12.4 Å². The third-order valence-electron chi connectivity index (χ3n) is 5.67. The Hall–Kier alpha value is -2.75. The maximum atomic E-state index is 12.7. The van der Waals surface area contributed by atoms with Crippen molar-refractivity contribution < 1.29 is 35.1 Å². The number of carbonyl (C=O) groups excluding carboxylic acids is 1. The lowest BCUT2D eigenvalue weighted by atomic mass is 9.91. The minimum atomic E-state index is -1.66. The van der Waals surface area contributed by atoms with Crippen molar-refractivity contribution in [3.05, 3.63) is 46.0 Å². The van der Waals surface area contributed by atoms with Crippen molar-refractivity contribution in [1.29, 1.82) is 0 Å². The third-order valence-corrected chi connectivity index (χ3v) is 5.67. The molecule has 0 aliphatic rings. The standard InChI is InChI=1S/C24H34N2O7/c1-4-5-6-7-8-9-18(29)33-24(20-17(13-28)11-26-15(3)22(20)31)23(32)19-16(12-27)10-25-14(2)21(19)30/h10-11,23-24,27-28,30-32H,4-9,12-13H2,1-3H3. The summed E-state index contributed by atoms with van der Waals surface area (Å²) in [6.45, 7) is 4.10. The highest BCUT2D eigenvalue weighted by molar-refractivity contribution is 5.70. The van der Waals surface area contributed by atoms with Gasteiger partial charge in [0.05, 0.1) is 24.6 Å². The molecule has 0 aromatic carbocycles. The molecule has 2 unspecified atom stereocenters. The van der Waals surface area contributed by atoms with E-state index in [9.17, 15) is 30.3 Å². The molecule has 2 aromatic heterocycles. The number of aliphatic hydroxyl groups is 3. The summed E-state index contributed by atoms with van der Waals surface area (Å²) in [6.07, 6.45) is 4.24. The first-order valence-electron chi connectivity index (χ1n) is 11.2. The van der Waals surface area contributed by atoms with Gasteiger partial charge in [0.2, 0.25) is 0 Å². The van der Waals surface area contributed by atoms with Crippen LogP contribution in [0.2, 0.25) is 0 Å². The van der Waals surface area contributed by atoms with Gasteiger partial charge in [-0.15, -0.1) is 0 Å². The van der Waals surface area contributed by atoms with Crippen LogP contribution < -0.4 is 0 Å². The second-order valence-electron chi connectivity index (χ2n) is 8.10. The molecule has 0 bridgehead atoms. The normalized spacial score (nSPS) is 13.0. The Balaban J connectivity index is 2.48. The highest BCUT2D eigenvalue weighted by Crippen LogP contribution is 2.43. The Morgan fingerprint density at radius 2 is 1.42 bits per heavy atom. The van der Waals surface area contributed by atoms with E-state index in [4.69, 9.17) is 4.74 Å². The van der Waals surface area contributed by atoms with Crippen LogP contribution >= 0.6 is 0 Å². The Morgan fingerprint density at radius 3 is 1.97 bits per heavy atom. The highest BCUT2D eigenvalue weighted by atomic mass is 16.6. The lowest BCUT2D eigenvalue weighted by molar-refractivity contribution is -0.156. The van der Waals surface area contributed by atoms with Crippen LogP contribution in [0.3, 0.4) is 0 Å². The van der Waals surface area contributed by atoms with E-state index in [0.717, 1.165) is 25.7 Å². The molecule has 2 aromatic rings. The zero-order valence-corrected chi connectivity index (χ0v) is 19.4. The summed E-state index contributed by atoms with van der Waals surface area (Å²) in [6, 6.07) is 0. The number of aromatic hydroxyl groups is 2. The fraction of sp³-hybridized carbons (Fsp3) is 0.542. The smallest absolute Gasteiger partial charge is 0.306 e. The molecule has 33 heavy (non-hydrogen) atoms. The van der Waals surface area contributed by atoms with Crippen LogP contribution in [0.25, 0.3) is 0 Å². The molecule has 0 fully saturated rings. The van der Waals surface area contributed by atoms with Crippen LogP contribution in [0, 0.1) is 13.8 Å². The van der Waals surface area contributed by atoms with E-state index in [1.165, 1.54) is 26.2 Å². The SMILES string of the molecule is CCCCCCCC(=O)OC(c1c(CO)cnc(C)c1O)C(O)c1c(CO)cnc(C)c1O. The monoisotopic (exact) mass is 462 g/mol. The topological polar surface area (TPSA) is 153 Å². The predicted molar refractivity (Wildman–Crippen MR) is 120 cm³/mol. The minimum Gasteiger partial charge on any atom is -0.506 e. The Morgan fingerprint density at radius 1 is 0.909 bits per heavy atom. The number of rotatable bonds is 12. The summed E-state index contributed by atoms with van der Waals surface area (Å²) in [5.41, 5.74) is 0.654. The molecule has 0 amide bonds. The third kappa shape index (κ3) is 6.40. The van der Waals surface area contributed by atoms with E-state index in [2.05, 4.69) is 16.9 Å². The van der Waals surface area contributed by atoms with Gasteiger partial charge >= 0.3 is 5.97 Å². The molecule has 9 nitrogen and oxygen atoms in total. The summed E-state index contributed by atoms with van der Waals surface area (Å²) in [5.74, 6) is -1.29. The number of aliphatic hydroxyl groups excluding tert-OH is 3. The number of aryl methyl sites for hydroxylation is 2. The average Bonchev–Trinajstić information content (AvgIpc) is 2.80. The maximum Gasteiger partial charge on any atom is 0.306 e. The lowest BCUT2D eigenvalue weighted by Crippen LogP contribution is -2.22. The number of esters is 1. The first-order chi connectivity index (χ1) is 15.8. The van der Waals surface area contributed by atoms with Crippen molar-refractivity contribution in [2.75, 3.05) is 0 Å². The van der Waals surface area contributed by atoms with Crippen LogP contribution in [0.1, 0.15) is 91.3 Å². The summed E-state index contributed by atoms with van der Waals surface area (Å²) < 4.78 is 5.63. The first kappa shape index (κ1) is 26.5. The van der Waals surface area contributed by atoms with Gasteiger partial charge in [0.15, 0.2) is 6.10 Å². The Labute approximate surface area is 193 Å². The largest absolute Gasteiger partial charge is 0.506 e. The van der Waals surface area contributed by atoms with Gasteiger partial charge < -0.3 is 30.3 Å². The van der Waals surface area contributed by atoms with E-state index >= 15 is 0 Å². The number of pyridine rings is 2. The molecular formula is C24H34N2O7. The van der Waals surface area contributed by atoms with E-state index in [1.54, 1.807) is 0 Å².